The van der Waals surface area contributed by atoms with Crippen LogP contribution in [-0.4, -0.2) is 23.9 Å². The fraction of sp³-hybridized carbons (Fsp3) is 0.652. The summed E-state index contributed by atoms with van der Waals surface area (Å²) < 4.78 is 12.5. The molecule has 0 fully saturated rings. The van der Waals surface area contributed by atoms with Crippen LogP contribution in [0.15, 0.2) is 30.3 Å². The number of fused-ring (bicyclic) bond motifs is 1. The minimum absolute atomic E-state index is 0.241. The van der Waals surface area contributed by atoms with Crippen LogP contribution in [0, 0.1) is 0 Å². The third-order valence-corrected chi connectivity index (χ3v) is 6.29. The van der Waals surface area contributed by atoms with Crippen molar-refractivity contribution in [2.45, 2.75) is 70.3 Å². The van der Waals surface area contributed by atoms with Gasteiger partial charge in [-0.1, -0.05) is 81.8 Å². The molecule has 1 aliphatic carbocycles. The van der Waals surface area contributed by atoms with E-state index in [0.29, 0.717) is 0 Å². The normalized spacial score (nSPS) is 18.9. The van der Waals surface area contributed by atoms with E-state index in [1.807, 2.05) is 0 Å². The van der Waals surface area contributed by atoms with Gasteiger partial charge in [-0.3, -0.25) is 0 Å². The zero-order valence-corrected chi connectivity index (χ0v) is 19.8. The van der Waals surface area contributed by atoms with E-state index >= 15 is 0 Å². The van der Waals surface area contributed by atoms with Gasteiger partial charge in [0, 0.05) is 29.3 Å². The van der Waals surface area contributed by atoms with Gasteiger partial charge in [0.1, 0.15) is 5.76 Å². The third kappa shape index (κ3) is 7.55. The van der Waals surface area contributed by atoms with E-state index in [0.717, 1.165) is 48.9 Å². The molecule has 1 unspecified atom stereocenters. The Morgan fingerprint density at radius 3 is 2.19 bits per heavy atom. The highest BCUT2D eigenvalue weighted by molar-refractivity contribution is 9.09. The molecule has 0 N–H and O–H groups in total. The number of rotatable bonds is 14. The van der Waals surface area contributed by atoms with Gasteiger partial charge >= 0.3 is 0 Å². The molecule has 2 nitrogen and oxygen atoms in total. The van der Waals surface area contributed by atoms with E-state index in [4.69, 9.17) is 9.47 Å². The van der Waals surface area contributed by atoms with E-state index in [2.05, 4.69) is 69.1 Å². The maximum absolute atomic E-state index is 6.38. The van der Waals surface area contributed by atoms with Crippen molar-refractivity contribution in [3.63, 3.8) is 0 Å². The van der Waals surface area contributed by atoms with E-state index in [-0.39, 0.29) is 5.60 Å². The molecule has 0 heterocycles. The second-order valence-corrected chi connectivity index (χ2v) is 9.04. The summed E-state index contributed by atoms with van der Waals surface area (Å²) in [6.07, 6.45) is 12.9. The van der Waals surface area contributed by atoms with Gasteiger partial charge in [0.05, 0.1) is 12.2 Å². The molecule has 0 bridgehead atoms. The second kappa shape index (κ2) is 13.0. The molecule has 0 amide bonds. The van der Waals surface area contributed by atoms with Crippen LogP contribution in [0.2, 0.25) is 0 Å². The molecule has 1 atom stereocenters. The first-order valence-corrected chi connectivity index (χ1v) is 12.6. The van der Waals surface area contributed by atoms with Crippen LogP contribution in [0.25, 0.3) is 5.76 Å². The van der Waals surface area contributed by atoms with Crippen molar-refractivity contribution < 1.29 is 9.47 Å². The van der Waals surface area contributed by atoms with Crippen molar-refractivity contribution in [2.24, 2.45) is 0 Å². The van der Waals surface area contributed by atoms with Gasteiger partial charge in [-0.15, -0.1) is 0 Å². The average molecular weight is 502 g/mol. The molecule has 4 heteroatoms. The summed E-state index contributed by atoms with van der Waals surface area (Å²) in [5.41, 5.74) is 2.22. The Bertz CT molecular complexity index is 573. The van der Waals surface area contributed by atoms with Gasteiger partial charge in [0.15, 0.2) is 0 Å². The fourth-order valence-corrected chi connectivity index (χ4v) is 4.31. The minimum atomic E-state index is -0.241. The predicted molar refractivity (Wildman–Crippen MR) is 123 cm³/mol. The van der Waals surface area contributed by atoms with Crippen LogP contribution >= 0.6 is 31.9 Å². The molecule has 1 aromatic carbocycles. The SMILES string of the molecule is CC1(OCCCCCCBr)CC=C(OCCCCCCBr)c2ccccc21. The maximum atomic E-state index is 6.38. The Morgan fingerprint density at radius 1 is 0.852 bits per heavy atom. The molecule has 1 aromatic rings. The summed E-state index contributed by atoms with van der Waals surface area (Å²) in [5.74, 6) is 1.03. The summed E-state index contributed by atoms with van der Waals surface area (Å²) in [4.78, 5) is 0. The monoisotopic (exact) mass is 500 g/mol. The number of alkyl halides is 2. The number of benzene rings is 1. The Hall–Kier alpha value is -0.320. The van der Waals surface area contributed by atoms with Crippen molar-refractivity contribution in [3.8, 4) is 0 Å². The zero-order chi connectivity index (χ0) is 19.4. The molecular formula is C23H34Br2O2. The number of unbranched alkanes of at least 4 members (excludes halogenated alkanes) is 6. The molecule has 27 heavy (non-hydrogen) atoms. The van der Waals surface area contributed by atoms with Crippen LogP contribution in [-0.2, 0) is 15.1 Å². The lowest BCUT2D eigenvalue weighted by molar-refractivity contribution is -0.0378. The quantitative estimate of drug-likeness (QED) is 0.193. The molecule has 1 aliphatic rings. The first-order valence-electron chi connectivity index (χ1n) is 10.4. The van der Waals surface area contributed by atoms with Gasteiger partial charge in [-0.25, -0.2) is 0 Å². The lowest BCUT2D eigenvalue weighted by Gasteiger charge is -2.35. The molecule has 0 radical (unpaired) electrons. The molecular weight excluding hydrogens is 468 g/mol. The van der Waals surface area contributed by atoms with E-state index < -0.39 is 0 Å². The lowest BCUT2D eigenvalue weighted by Crippen LogP contribution is -2.30. The fourth-order valence-electron chi connectivity index (χ4n) is 3.52. The average Bonchev–Trinajstić information content (AvgIpc) is 2.69. The highest BCUT2D eigenvalue weighted by atomic mass is 79.9. The summed E-state index contributed by atoms with van der Waals surface area (Å²) in [5, 5.41) is 2.20. The van der Waals surface area contributed by atoms with Gasteiger partial charge in [-0.2, -0.15) is 0 Å². The van der Waals surface area contributed by atoms with Crippen LogP contribution in [0.4, 0.5) is 0 Å². The minimum Gasteiger partial charge on any atom is -0.493 e. The summed E-state index contributed by atoms with van der Waals surface area (Å²) in [6.45, 7) is 3.84. The molecule has 0 aromatic heterocycles. The van der Waals surface area contributed by atoms with E-state index in [1.54, 1.807) is 0 Å². The van der Waals surface area contributed by atoms with Gasteiger partial charge < -0.3 is 9.47 Å². The number of hydrogen-bond acceptors (Lipinski definition) is 2. The summed E-state index contributed by atoms with van der Waals surface area (Å²) in [6, 6.07) is 8.58. The largest absolute Gasteiger partial charge is 0.493 e. The van der Waals surface area contributed by atoms with Crippen molar-refractivity contribution >= 4 is 37.6 Å². The predicted octanol–water partition coefficient (Wildman–Crippen LogP) is 7.59. The highest BCUT2D eigenvalue weighted by Gasteiger charge is 2.33. The molecule has 0 spiro atoms. The van der Waals surface area contributed by atoms with Crippen molar-refractivity contribution in [1.82, 2.24) is 0 Å². The topological polar surface area (TPSA) is 18.5 Å². The van der Waals surface area contributed by atoms with Crippen LogP contribution in [0.1, 0.15) is 75.8 Å². The Balaban J connectivity index is 1.87. The molecule has 0 saturated carbocycles. The molecule has 2 rings (SSSR count). The van der Waals surface area contributed by atoms with Gasteiger partial charge in [0.25, 0.3) is 0 Å². The first-order chi connectivity index (χ1) is 13.2. The van der Waals surface area contributed by atoms with E-state index in [9.17, 15) is 0 Å². The Kier molecular flexibility index (Phi) is 11.1. The van der Waals surface area contributed by atoms with Crippen LogP contribution in [0.3, 0.4) is 0 Å². The Morgan fingerprint density at radius 2 is 1.48 bits per heavy atom. The molecule has 152 valence electrons. The highest BCUT2D eigenvalue weighted by Crippen LogP contribution is 2.40. The molecule has 0 saturated heterocycles. The van der Waals surface area contributed by atoms with E-state index in [1.165, 1.54) is 49.7 Å². The molecule has 0 aliphatic heterocycles. The van der Waals surface area contributed by atoms with Crippen LogP contribution in [0.5, 0.6) is 0 Å². The lowest BCUT2D eigenvalue weighted by atomic mass is 9.83. The zero-order valence-electron chi connectivity index (χ0n) is 16.7. The summed E-state index contributed by atoms with van der Waals surface area (Å²) >= 11 is 6.98. The third-order valence-electron chi connectivity index (χ3n) is 5.17. The van der Waals surface area contributed by atoms with Crippen molar-refractivity contribution in [1.29, 1.82) is 0 Å². The van der Waals surface area contributed by atoms with Gasteiger partial charge in [-0.05, 0) is 44.2 Å². The summed E-state index contributed by atoms with van der Waals surface area (Å²) in [7, 11) is 0. The number of hydrogen-bond donors (Lipinski definition) is 0. The first kappa shape index (κ1) is 23.0. The van der Waals surface area contributed by atoms with Crippen molar-refractivity contribution in [2.75, 3.05) is 23.9 Å². The standard InChI is InChI=1S/C23H34Br2O2/c1-23(27-19-11-5-3-9-17-25)15-14-22(20-12-6-7-13-21(20)23)26-18-10-4-2-8-16-24/h6-7,12-14H,2-5,8-11,15-19H2,1H3. The number of halogens is 2. The van der Waals surface area contributed by atoms with Crippen molar-refractivity contribution in [3.05, 3.63) is 41.5 Å². The Labute approximate surface area is 182 Å². The maximum Gasteiger partial charge on any atom is 0.123 e. The second-order valence-electron chi connectivity index (χ2n) is 7.45. The van der Waals surface area contributed by atoms with Gasteiger partial charge in [0.2, 0.25) is 0 Å². The van der Waals surface area contributed by atoms with Crippen LogP contribution < -0.4 is 0 Å². The number of ether oxygens (including phenoxy) is 2. The smallest absolute Gasteiger partial charge is 0.123 e.